The summed E-state index contributed by atoms with van der Waals surface area (Å²) < 4.78 is 0. The number of fused-ring (bicyclic) bond motifs is 8. The summed E-state index contributed by atoms with van der Waals surface area (Å²) in [6, 6.07) is 102. The first kappa shape index (κ1) is 45.7. The number of para-hydroxylation sites is 2. The quantitative estimate of drug-likeness (QED) is 0.116. The summed E-state index contributed by atoms with van der Waals surface area (Å²) in [5.74, 6) is 0. The Morgan fingerprint density at radius 1 is 0.321 bits per heavy atom. The second-order valence-corrected chi connectivity index (χ2v) is 22.1. The van der Waals surface area contributed by atoms with E-state index in [2.05, 4.69) is 308 Å². The predicted octanol–water partition coefficient (Wildman–Crippen LogP) is 18.5. The largest absolute Gasteiger partial charge is 0.311 e. The van der Waals surface area contributed by atoms with Crippen molar-refractivity contribution in [1.29, 1.82) is 0 Å². The molecule has 2 aliphatic heterocycles. The highest BCUT2D eigenvalue weighted by Gasteiger charge is 2.45. The number of benzene rings is 13. The number of hydrogen-bond donors (Lipinski definition) is 0. The van der Waals surface area contributed by atoms with Gasteiger partial charge in [0.15, 0.2) is 0 Å². The number of nitrogens with zero attached hydrogens (tertiary/aromatic N) is 3. The molecule has 0 amide bonds. The summed E-state index contributed by atoms with van der Waals surface area (Å²) in [5, 5.41) is 9.82. The average Bonchev–Trinajstić information content (AvgIpc) is 3.67. The van der Waals surface area contributed by atoms with Crippen molar-refractivity contribution in [2.24, 2.45) is 0 Å². The molecule has 0 atom stereocenters. The van der Waals surface area contributed by atoms with Crippen LogP contribution in [0.3, 0.4) is 0 Å². The maximum absolute atomic E-state index is 2.61. The Balaban J connectivity index is 1.02. The van der Waals surface area contributed by atoms with Crippen molar-refractivity contribution in [1.82, 2.24) is 0 Å². The van der Waals surface area contributed by atoms with E-state index in [9.17, 15) is 0 Å². The predicted molar refractivity (Wildman–Crippen MR) is 335 cm³/mol. The fraction of sp³-hybridized carbons (Fsp3) is 0.0541. The lowest BCUT2D eigenvalue weighted by atomic mass is 9.33. The molecule has 2 heterocycles. The lowest BCUT2D eigenvalue weighted by Gasteiger charge is -2.45. The van der Waals surface area contributed by atoms with Crippen molar-refractivity contribution in [3.05, 3.63) is 279 Å². The summed E-state index contributed by atoms with van der Waals surface area (Å²) in [7, 11) is 0. The first-order valence-electron chi connectivity index (χ1n) is 27.3. The SMILES string of the molecule is CC(C)(C)c1cc2c3c(c1)N(c1ccccc1-c1cccc4ccccc14)c1cc4ccccc4cc1B3c1ccc(N(c3ccccc3)c3ccc4cc5ccccc5cc4c3)cc1N2c1ccc(-c2ccccc2)cc1. The van der Waals surface area contributed by atoms with Crippen LogP contribution in [0.4, 0.5) is 51.2 Å². The van der Waals surface area contributed by atoms with Crippen LogP contribution >= 0.6 is 0 Å². The van der Waals surface area contributed by atoms with Crippen LogP contribution < -0.4 is 31.1 Å². The van der Waals surface area contributed by atoms with Gasteiger partial charge in [0.25, 0.3) is 6.71 Å². The molecule has 13 aromatic carbocycles. The molecule has 0 fully saturated rings. The summed E-state index contributed by atoms with van der Waals surface area (Å²) in [4.78, 5) is 7.63. The van der Waals surface area contributed by atoms with Gasteiger partial charge in [-0.25, -0.2) is 0 Å². The smallest absolute Gasteiger partial charge is 0.252 e. The van der Waals surface area contributed by atoms with Crippen LogP contribution in [0.15, 0.2) is 273 Å². The molecule has 0 radical (unpaired) electrons. The summed E-state index contributed by atoms with van der Waals surface area (Å²) in [6.07, 6.45) is 0. The molecule has 0 saturated carbocycles. The van der Waals surface area contributed by atoms with E-state index in [0.29, 0.717) is 0 Å². The van der Waals surface area contributed by atoms with Crippen molar-refractivity contribution in [3.63, 3.8) is 0 Å². The van der Waals surface area contributed by atoms with E-state index in [1.165, 1.54) is 104 Å². The Hall–Kier alpha value is -9.64. The normalized spacial score (nSPS) is 12.7. The molecule has 3 nitrogen and oxygen atoms in total. The van der Waals surface area contributed by atoms with Crippen LogP contribution in [-0.2, 0) is 5.41 Å². The minimum absolute atomic E-state index is 0.0902. The Bertz CT molecular complexity index is 4500. The van der Waals surface area contributed by atoms with Crippen molar-refractivity contribution in [2.75, 3.05) is 14.7 Å². The molecule has 0 bridgehead atoms. The van der Waals surface area contributed by atoms with E-state index >= 15 is 0 Å². The van der Waals surface area contributed by atoms with Crippen LogP contribution in [0.25, 0.3) is 65.3 Å². The standard InChI is InChI=1S/C74H54BN3/c1-74(2,3)58-46-71-73-72(47-58)78(68-32-17-16-30-65(68)64-31-18-26-51-21-14-15-29-63(51)64)69-45-55-25-13-12-24-54(55)44-67(69)75(73)66-40-39-62(48-70(66)77(71)60-36-33-50(34-37-60)49-19-6-4-7-20-49)76(59-27-8-5-9-28-59)61-38-35-56-41-52-22-10-11-23-53(52)42-57(56)43-61/h4-48H,1-3H3. The Kier molecular flexibility index (Phi) is 10.6. The molecule has 0 aromatic heterocycles. The van der Waals surface area contributed by atoms with Gasteiger partial charge < -0.3 is 14.7 Å². The lowest BCUT2D eigenvalue weighted by molar-refractivity contribution is 0.590. The number of anilines is 9. The van der Waals surface area contributed by atoms with Gasteiger partial charge in [-0.3, -0.25) is 0 Å². The van der Waals surface area contributed by atoms with E-state index in [0.717, 1.165) is 34.1 Å². The molecule has 78 heavy (non-hydrogen) atoms. The topological polar surface area (TPSA) is 9.72 Å². The monoisotopic (exact) mass is 995 g/mol. The minimum Gasteiger partial charge on any atom is -0.311 e. The molecule has 0 unspecified atom stereocenters. The second-order valence-electron chi connectivity index (χ2n) is 22.1. The van der Waals surface area contributed by atoms with Crippen molar-refractivity contribution >= 4 is 117 Å². The molecule has 0 spiro atoms. The van der Waals surface area contributed by atoms with Gasteiger partial charge in [0.05, 0.1) is 5.69 Å². The highest BCUT2D eigenvalue weighted by molar-refractivity contribution is 7.00. The average molecular weight is 996 g/mol. The molecule has 2 aliphatic rings. The summed E-state index contributed by atoms with van der Waals surface area (Å²) in [5.41, 5.74) is 20.0. The molecule has 368 valence electrons. The van der Waals surface area contributed by atoms with Crippen molar-refractivity contribution in [2.45, 2.75) is 26.2 Å². The molecule has 0 N–H and O–H groups in total. The van der Waals surface area contributed by atoms with Gasteiger partial charge in [0, 0.05) is 51.1 Å². The third-order valence-electron chi connectivity index (χ3n) is 16.5. The lowest BCUT2D eigenvalue weighted by Crippen LogP contribution is -2.61. The van der Waals surface area contributed by atoms with E-state index in [1.807, 2.05) is 0 Å². The Morgan fingerprint density at radius 2 is 0.859 bits per heavy atom. The first-order chi connectivity index (χ1) is 38.3. The highest BCUT2D eigenvalue weighted by atomic mass is 15.2. The fourth-order valence-corrected chi connectivity index (χ4v) is 12.7. The van der Waals surface area contributed by atoms with Crippen LogP contribution in [0, 0.1) is 0 Å². The van der Waals surface area contributed by atoms with E-state index in [4.69, 9.17) is 0 Å². The fourth-order valence-electron chi connectivity index (χ4n) is 12.7. The Labute approximate surface area is 456 Å². The first-order valence-corrected chi connectivity index (χ1v) is 27.3. The van der Waals surface area contributed by atoms with Crippen molar-refractivity contribution < 1.29 is 0 Å². The van der Waals surface area contributed by atoms with Crippen LogP contribution in [0.2, 0.25) is 0 Å². The molecule has 0 saturated heterocycles. The molecule has 13 aromatic rings. The zero-order valence-corrected chi connectivity index (χ0v) is 43.9. The van der Waals surface area contributed by atoms with Crippen LogP contribution in [0.1, 0.15) is 26.3 Å². The number of rotatable bonds is 7. The van der Waals surface area contributed by atoms with Gasteiger partial charge in [-0.2, -0.15) is 0 Å². The van der Waals surface area contributed by atoms with Gasteiger partial charge in [-0.1, -0.05) is 209 Å². The maximum atomic E-state index is 2.61. The number of hydrogen-bond acceptors (Lipinski definition) is 3. The third-order valence-corrected chi connectivity index (χ3v) is 16.5. The van der Waals surface area contributed by atoms with Gasteiger partial charge >= 0.3 is 0 Å². The van der Waals surface area contributed by atoms with Gasteiger partial charge in [0.2, 0.25) is 0 Å². The van der Waals surface area contributed by atoms with Crippen LogP contribution in [0.5, 0.6) is 0 Å². The van der Waals surface area contributed by atoms with Gasteiger partial charge in [0.1, 0.15) is 0 Å². The van der Waals surface area contributed by atoms with Crippen LogP contribution in [-0.4, -0.2) is 6.71 Å². The minimum atomic E-state index is -0.192. The van der Waals surface area contributed by atoms with Crippen molar-refractivity contribution in [3.8, 4) is 22.3 Å². The third kappa shape index (κ3) is 7.51. The second kappa shape index (κ2) is 18.0. The van der Waals surface area contributed by atoms with E-state index in [-0.39, 0.29) is 12.1 Å². The Morgan fingerprint density at radius 3 is 1.60 bits per heavy atom. The summed E-state index contributed by atoms with van der Waals surface area (Å²) >= 11 is 0. The van der Waals surface area contributed by atoms with E-state index < -0.39 is 0 Å². The van der Waals surface area contributed by atoms with Gasteiger partial charge in [-0.05, 0) is 172 Å². The molecule has 0 aliphatic carbocycles. The zero-order valence-electron chi connectivity index (χ0n) is 43.9. The molecular formula is C74H54BN3. The van der Waals surface area contributed by atoms with E-state index in [1.54, 1.807) is 0 Å². The zero-order chi connectivity index (χ0) is 52.1. The highest BCUT2D eigenvalue weighted by Crippen LogP contribution is 2.50. The molecule has 15 rings (SSSR count). The molecule has 4 heteroatoms. The van der Waals surface area contributed by atoms with Gasteiger partial charge in [-0.15, -0.1) is 0 Å². The molecular weight excluding hydrogens is 942 g/mol. The maximum Gasteiger partial charge on any atom is 0.252 e. The summed E-state index contributed by atoms with van der Waals surface area (Å²) in [6.45, 7) is 6.98.